The maximum atomic E-state index is 6.03. The van der Waals surface area contributed by atoms with Crippen LogP contribution in [-0.2, 0) is 0 Å². The molecule has 0 bridgehead atoms. The molecule has 0 radical (unpaired) electrons. The highest BCUT2D eigenvalue weighted by Crippen LogP contribution is 2.31. The fraction of sp³-hybridized carbons (Fsp3) is 0.538. The van der Waals surface area contributed by atoms with E-state index in [2.05, 4.69) is 17.4 Å². The SMILES string of the molecule is NCC(c1cccc(Cl)c1)C1CCNCC1. The number of hydrogen-bond donors (Lipinski definition) is 2. The lowest BCUT2D eigenvalue weighted by Crippen LogP contribution is -2.33. The summed E-state index contributed by atoms with van der Waals surface area (Å²) < 4.78 is 0. The number of benzene rings is 1. The van der Waals surface area contributed by atoms with Crippen LogP contribution in [0.5, 0.6) is 0 Å². The molecule has 1 aliphatic heterocycles. The molecule has 1 unspecified atom stereocenters. The number of halogens is 1. The summed E-state index contributed by atoms with van der Waals surface area (Å²) >= 11 is 6.03. The van der Waals surface area contributed by atoms with E-state index in [1.807, 2.05) is 12.1 Å². The van der Waals surface area contributed by atoms with Gasteiger partial charge < -0.3 is 11.1 Å². The largest absolute Gasteiger partial charge is 0.330 e. The van der Waals surface area contributed by atoms with Crippen LogP contribution in [0.25, 0.3) is 0 Å². The normalized spacial score (nSPS) is 19.6. The number of rotatable bonds is 3. The van der Waals surface area contributed by atoms with Gasteiger partial charge >= 0.3 is 0 Å². The number of nitrogens with two attached hydrogens (primary N) is 1. The fourth-order valence-electron chi connectivity index (χ4n) is 2.58. The van der Waals surface area contributed by atoms with E-state index in [1.165, 1.54) is 18.4 Å². The Morgan fingerprint density at radius 3 is 2.75 bits per heavy atom. The van der Waals surface area contributed by atoms with Crippen molar-refractivity contribution in [2.75, 3.05) is 19.6 Å². The lowest BCUT2D eigenvalue weighted by Gasteiger charge is -2.30. The molecule has 1 aromatic rings. The van der Waals surface area contributed by atoms with E-state index in [0.29, 0.717) is 18.4 Å². The van der Waals surface area contributed by atoms with Crippen LogP contribution in [0.3, 0.4) is 0 Å². The van der Waals surface area contributed by atoms with Gasteiger partial charge in [-0.2, -0.15) is 0 Å². The van der Waals surface area contributed by atoms with E-state index in [0.717, 1.165) is 18.1 Å². The molecule has 2 rings (SSSR count). The summed E-state index contributed by atoms with van der Waals surface area (Å²) in [5, 5.41) is 4.20. The van der Waals surface area contributed by atoms with Crippen LogP contribution in [-0.4, -0.2) is 19.6 Å². The smallest absolute Gasteiger partial charge is 0.0408 e. The van der Waals surface area contributed by atoms with Gasteiger partial charge in [-0.05, 0) is 62.0 Å². The van der Waals surface area contributed by atoms with Crippen LogP contribution in [0.2, 0.25) is 5.02 Å². The first kappa shape index (κ1) is 11.9. The van der Waals surface area contributed by atoms with E-state index in [4.69, 9.17) is 17.3 Å². The minimum absolute atomic E-state index is 0.459. The molecule has 1 heterocycles. The van der Waals surface area contributed by atoms with Gasteiger partial charge in [-0.1, -0.05) is 23.7 Å². The summed E-state index contributed by atoms with van der Waals surface area (Å²) in [7, 11) is 0. The topological polar surface area (TPSA) is 38.0 Å². The zero-order valence-electron chi connectivity index (χ0n) is 9.45. The van der Waals surface area contributed by atoms with Crippen molar-refractivity contribution in [3.05, 3.63) is 34.9 Å². The first-order valence-electron chi connectivity index (χ1n) is 5.97. The Hall–Kier alpha value is -0.570. The van der Waals surface area contributed by atoms with Crippen molar-refractivity contribution in [2.45, 2.75) is 18.8 Å². The molecule has 1 aliphatic rings. The molecule has 2 nitrogen and oxygen atoms in total. The highest BCUT2D eigenvalue weighted by molar-refractivity contribution is 6.30. The van der Waals surface area contributed by atoms with Crippen molar-refractivity contribution in [3.8, 4) is 0 Å². The predicted molar refractivity (Wildman–Crippen MR) is 68.8 cm³/mol. The van der Waals surface area contributed by atoms with Gasteiger partial charge in [0.1, 0.15) is 0 Å². The molecule has 1 atom stereocenters. The van der Waals surface area contributed by atoms with Crippen molar-refractivity contribution in [1.29, 1.82) is 0 Å². The maximum absolute atomic E-state index is 6.03. The van der Waals surface area contributed by atoms with Crippen LogP contribution >= 0.6 is 11.6 Å². The standard InChI is InChI=1S/C13H19ClN2/c14-12-3-1-2-11(8-12)13(9-15)10-4-6-16-7-5-10/h1-3,8,10,13,16H,4-7,9,15H2. The molecular formula is C13H19ClN2. The van der Waals surface area contributed by atoms with Gasteiger partial charge in [0.15, 0.2) is 0 Å². The van der Waals surface area contributed by atoms with Gasteiger partial charge in [0, 0.05) is 5.02 Å². The third-order valence-corrected chi connectivity index (χ3v) is 3.72. The summed E-state index contributed by atoms with van der Waals surface area (Å²) in [4.78, 5) is 0. The molecule has 0 amide bonds. The Morgan fingerprint density at radius 2 is 2.12 bits per heavy atom. The zero-order chi connectivity index (χ0) is 11.4. The van der Waals surface area contributed by atoms with Gasteiger partial charge in [-0.15, -0.1) is 0 Å². The predicted octanol–water partition coefficient (Wildman–Crippen LogP) is 2.38. The summed E-state index contributed by atoms with van der Waals surface area (Å²) in [5.74, 6) is 1.16. The Labute approximate surface area is 102 Å². The van der Waals surface area contributed by atoms with Crippen LogP contribution in [0.4, 0.5) is 0 Å². The minimum Gasteiger partial charge on any atom is -0.330 e. The number of hydrogen-bond acceptors (Lipinski definition) is 2. The monoisotopic (exact) mass is 238 g/mol. The number of nitrogens with one attached hydrogen (secondary N) is 1. The lowest BCUT2D eigenvalue weighted by molar-refractivity contribution is 0.321. The Morgan fingerprint density at radius 1 is 1.38 bits per heavy atom. The van der Waals surface area contributed by atoms with Crippen LogP contribution in [0, 0.1) is 5.92 Å². The quantitative estimate of drug-likeness (QED) is 0.849. The van der Waals surface area contributed by atoms with Crippen molar-refractivity contribution in [3.63, 3.8) is 0 Å². The van der Waals surface area contributed by atoms with Crippen molar-refractivity contribution >= 4 is 11.6 Å². The zero-order valence-corrected chi connectivity index (χ0v) is 10.2. The Bertz CT molecular complexity index is 334. The summed E-state index contributed by atoms with van der Waals surface area (Å²) in [6.07, 6.45) is 2.43. The van der Waals surface area contributed by atoms with E-state index in [1.54, 1.807) is 0 Å². The molecule has 3 N–H and O–H groups in total. The Balaban J connectivity index is 2.14. The first-order chi connectivity index (χ1) is 7.81. The molecule has 1 saturated heterocycles. The van der Waals surface area contributed by atoms with E-state index in [-0.39, 0.29) is 0 Å². The third kappa shape index (κ3) is 2.76. The molecule has 0 saturated carbocycles. The number of piperidine rings is 1. The molecular weight excluding hydrogens is 220 g/mol. The summed E-state index contributed by atoms with van der Waals surface area (Å²) in [6.45, 7) is 2.94. The van der Waals surface area contributed by atoms with Crippen LogP contribution in [0.15, 0.2) is 24.3 Å². The second-order valence-corrected chi connectivity index (χ2v) is 4.92. The highest BCUT2D eigenvalue weighted by Gasteiger charge is 2.23. The van der Waals surface area contributed by atoms with Gasteiger partial charge in [-0.25, -0.2) is 0 Å². The molecule has 88 valence electrons. The second kappa shape index (κ2) is 5.67. The van der Waals surface area contributed by atoms with Crippen molar-refractivity contribution in [1.82, 2.24) is 5.32 Å². The first-order valence-corrected chi connectivity index (χ1v) is 6.35. The van der Waals surface area contributed by atoms with Gasteiger partial charge in [0.2, 0.25) is 0 Å². The molecule has 1 aromatic carbocycles. The van der Waals surface area contributed by atoms with Crippen LogP contribution in [0.1, 0.15) is 24.3 Å². The fourth-order valence-corrected chi connectivity index (χ4v) is 2.78. The summed E-state index contributed by atoms with van der Waals surface area (Å²) in [6, 6.07) is 8.13. The average molecular weight is 239 g/mol. The van der Waals surface area contributed by atoms with Crippen LogP contribution < -0.4 is 11.1 Å². The van der Waals surface area contributed by atoms with E-state index < -0.39 is 0 Å². The average Bonchev–Trinajstić information content (AvgIpc) is 2.31. The molecule has 0 aliphatic carbocycles. The lowest BCUT2D eigenvalue weighted by atomic mass is 9.80. The van der Waals surface area contributed by atoms with E-state index >= 15 is 0 Å². The van der Waals surface area contributed by atoms with Gasteiger partial charge in [0.25, 0.3) is 0 Å². The van der Waals surface area contributed by atoms with Crippen molar-refractivity contribution in [2.24, 2.45) is 11.7 Å². The molecule has 3 heteroatoms. The van der Waals surface area contributed by atoms with Crippen molar-refractivity contribution < 1.29 is 0 Å². The molecule has 0 spiro atoms. The van der Waals surface area contributed by atoms with Gasteiger partial charge in [-0.3, -0.25) is 0 Å². The van der Waals surface area contributed by atoms with E-state index in [9.17, 15) is 0 Å². The maximum Gasteiger partial charge on any atom is 0.0408 e. The third-order valence-electron chi connectivity index (χ3n) is 3.48. The summed E-state index contributed by atoms with van der Waals surface area (Å²) in [5.41, 5.74) is 7.22. The van der Waals surface area contributed by atoms with Gasteiger partial charge in [0.05, 0.1) is 0 Å². The molecule has 16 heavy (non-hydrogen) atoms. The minimum atomic E-state index is 0.459. The Kier molecular flexibility index (Phi) is 4.22. The highest BCUT2D eigenvalue weighted by atomic mass is 35.5. The second-order valence-electron chi connectivity index (χ2n) is 4.48. The molecule has 1 fully saturated rings. The molecule has 0 aromatic heterocycles.